The van der Waals surface area contributed by atoms with Crippen molar-refractivity contribution < 1.29 is 22.7 Å². The predicted molar refractivity (Wildman–Crippen MR) is 117 cm³/mol. The normalized spacial score (nSPS) is 25.2. The third-order valence-corrected chi connectivity index (χ3v) is 8.52. The minimum Gasteiger partial charge on any atom is -0.486 e. The van der Waals surface area contributed by atoms with Crippen molar-refractivity contribution in [3.63, 3.8) is 0 Å². The minimum atomic E-state index is -3.90. The van der Waals surface area contributed by atoms with Crippen molar-refractivity contribution in [2.75, 3.05) is 13.2 Å². The second kappa shape index (κ2) is 8.71. The number of amides is 1. The predicted octanol–water partition coefficient (Wildman–Crippen LogP) is 2.49. The maximum absolute atomic E-state index is 13.8. The molecule has 1 aromatic heterocycles. The van der Waals surface area contributed by atoms with Gasteiger partial charge in [0.25, 0.3) is 0 Å². The van der Waals surface area contributed by atoms with Crippen LogP contribution in [-0.2, 0) is 21.4 Å². The van der Waals surface area contributed by atoms with E-state index < -0.39 is 16.1 Å². The summed E-state index contributed by atoms with van der Waals surface area (Å²) >= 11 is 0. The minimum absolute atomic E-state index is 0.135. The Bertz CT molecular complexity index is 1090. The van der Waals surface area contributed by atoms with Gasteiger partial charge in [0.05, 0.1) is 17.1 Å². The molecule has 1 amide bonds. The summed E-state index contributed by atoms with van der Waals surface area (Å²) in [6.07, 6.45) is 5.98. The largest absolute Gasteiger partial charge is 0.486 e. The summed E-state index contributed by atoms with van der Waals surface area (Å²) in [5.74, 6) is 0.886. The number of aromatic nitrogens is 1. The number of ether oxygens (including phenoxy) is 2. The van der Waals surface area contributed by atoms with Crippen LogP contribution < -0.4 is 14.8 Å². The van der Waals surface area contributed by atoms with Crippen molar-refractivity contribution in [1.82, 2.24) is 14.6 Å². The molecular formula is C23H27N3O5S. The molecule has 1 saturated carbocycles. The van der Waals surface area contributed by atoms with Crippen molar-refractivity contribution in [3.05, 3.63) is 48.3 Å². The van der Waals surface area contributed by atoms with Gasteiger partial charge in [0.1, 0.15) is 19.3 Å². The maximum Gasteiger partial charge on any atom is 0.244 e. The van der Waals surface area contributed by atoms with Crippen LogP contribution in [0.4, 0.5) is 0 Å². The molecule has 9 heteroatoms. The van der Waals surface area contributed by atoms with E-state index in [0.717, 1.165) is 31.4 Å². The summed E-state index contributed by atoms with van der Waals surface area (Å²) < 4.78 is 40.2. The summed E-state index contributed by atoms with van der Waals surface area (Å²) in [5.41, 5.74) is 0.734. The van der Waals surface area contributed by atoms with Gasteiger partial charge in [0.15, 0.2) is 11.5 Å². The summed E-state index contributed by atoms with van der Waals surface area (Å²) in [6, 6.07) is 9.30. The van der Waals surface area contributed by atoms with Crippen LogP contribution in [0.1, 0.15) is 37.8 Å². The third kappa shape index (κ3) is 3.95. The van der Waals surface area contributed by atoms with Gasteiger partial charge >= 0.3 is 0 Å². The standard InChI is InChI=1S/C23H27N3O5S/c27-23(25-15-17-6-3-4-10-24-17)20-13-16-5-1-2-7-19(16)26(20)32(28,29)18-8-9-21-22(14-18)31-12-11-30-21/h3-4,6,8-10,14,16,19-20H,1-2,5,7,11-13,15H2,(H,25,27)/t16-,19+,20+/m1/s1. The summed E-state index contributed by atoms with van der Waals surface area (Å²) in [4.78, 5) is 17.6. The molecule has 5 rings (SSSR count). The highest BCUT2D eigenvalue weighted by Gasteiger charge is 2.51. The number of fused-ring (bicyclic) bond motifs is 2. The Morgan fingerprint density at radius 1 is 1.09 bits per heavy atom. The van der Waals surface area contributed by atoms with E-state index in [2.05, 4.69) is 10.3 Å². The number of hydrogen-bond donors (Lipinski definition) is 1. The third-order valence-electron chi connectivity index (χ3n) is 6.59. The van der Waals surface area contributed by atoms with Crippen molar-refractivity contribution >= 4 is 15.9 Å². The number of nitrogens with one attached hydrogen (secondary N) is 1. The van der Waals surface area contributed by atoms with Gasteiger partial charge in [0.2, 0.25) is 15.9 Å². The molecule has 0 unspecified atom stereocenters. The zero-order valence-electron chi connectivity index (χ0n) is 17.8. The van der Waals surface area contributed by atoms with Crippen molar-refractivity contribution in [2.24, 2.45) is 5.92 Å². The van der Waals surface area contributed by atoms with Gasteiger partial charge in [-0.05, 0) is 49.4 Å². The molecule has 8 nitrogen and oxygen atoms in total. The molecular weight excluding hydrogens is 430 g/mol. The van der Waals surface area contributed by atoms with E-state index >= 15 is 0 Å². The highest BCUT2D eigenvalue weighted by molar-refractivity contribution is 7.89. The molecule has 3 aliphatic rings. The van der Waals surface area contributed by atoms with E-state index in [0.29, 0.717) is 31.1 Å². The van der Waals surface area contributed by atoms with E-state index in [-0.39, 0.29) is 29.3 Å². The Hall–Kier alpha value is -2.65. The first-order valence-corrected chi connectivity index (χ1v) is 12.6. The first-order chi connectivity index (χ1) is 15.5. The fraction of sp³-hybridized carbons (Fsp3) is 0.478. The van der Waals surface area contributed by atoms with E-state index in [1.807, 2.05) is 18.2 Å². The van der Waals surface area contributed by atoms with Gasteiger partial charge in [-0.15, -0.1) is 0 Å². The zero-order chi connectivity index (χ0) is 22.1. The van der Waals surface area contributed by atoms with Crippen LogP contribution in [0.2, 0.25) is 0 Å². The van der Waals surface area contributed by atoms with Crippen LogP contribution in [0.25, 0.3) is 0 Å². The first-order valence-electron chi connectivity index (χ1n) is 11.1. The second-order valence-electron chi connectivity index (χ2n) is 8.54. The lowest BCUT2D eigenvalue weighted by Crippen LogP contribution is -2.49. The molecule has 3 heterocycles. The Balaban J connectivity index is 1.43. The van der Waals surface area contributed by atoms with Gasteiger partial charge < -0.3 is 14.8 Å². The molecule has 1 N–H and O–H groups in total. The van der Waals surface area contributed by atoms with Crippen LogP contribution in [-0.4, -0.2) is 48.9 Å². The molecule has 2 aliphatic heterocycles. The van der Waals surface area contributed by atoms with Crippen molar-refractivity contribution in [1.29, 1.82) is 0 Å². The Kier molecular flexibility index (Phi) is 5.77. The van der Waals surface area contributed by atoms with Crippen LogP contribution in [0.15, 0.2) is 47.5 Å². The van der Waals surface area contributed by atoms with Gasteiger partial charge in [-0.2, -0.15) is 4.31 Å². The monoisotopic (exact) mass is 457 g/mol. The fourth-order valence-corrected chi connectivity index (χ4v) is 6.98. The molecule has 2 fully saturated rings. The topological polar surface area (TPSA) is 97.8 Å². The van der Waals surface area contributed by atoms with E-state index in [1.54, 1.807) is 18.3 Å². The number of hydrogen-bond acceptors (Lipinski definition) is 6. The molecule has 1 aromatic carbocycles. The number of carbonyl (C=O) groups is 1. The van der Waals surface area contributed by atoms with Crippen LogP contribution in [0.3, 0.4) is 0 Å². The van der Waals surface area contributed by atoms with Gasteiger partial charge in [-0.1, -0.05) is 18.9 Å². The fourth-order valence-electron chi connectivity index (χ4n) is 5.09. The lowest BCUT2D eigenvalue weighted by molar-refractivity contribution is -0.124. The van der Waals surface area contributed by atoms with Crippen LogP contribution >= 0.6 is 0 Å². The van der Waals surface area contributed by atoms with Crippen LogP contribution in [0, 0.1) is 5.92 Å². The molecule has 1 aliphatic carbocycles. The molecule has 0 bridgehead atoms. The van der Waals surface area contributed by atoms with Gasteiger partial charge in [0, 0.05) is 18.3 Å². The Morgan fingerprint density at radius 3 is 2.72 bits per heavy atom. The lowest BCUT2D eigenvalue weighted by Gasteiger charge is -2.33. The van der Waals surface area contributed by atoms with E-state index in [4.69, 9.17) is 9.47 Å². The average Bonchev–Trinajstić information content (AvgIpc) is 3.23. The van der Waals surface area contributed by atoms with Crippen molar-refractivity contribution in [2.45, 2.75) is 55.6 Å². The quantitative estimate of drug-likeness (QED) is 0.741. The van der Waals surface area contributed by atoms with Crippen LogP contribution in [0.5, 0.6) is 11.5 Å². The number of pyridine rings is 1. The van der Waals surface area contributed by atoms with E-state index in [9.17, 15) is 13.2 Å². The number of sulfonamides is 1. The highest BCUT2D eigenvalue weighted by atomic mass is 32.2. The number of benzene rings is 1. The second-order valence-corrected chi connectivity index (χ2v) is 10.4. The van der Waals surface area contributed by atoms with Gasteiger partial charge in [-0.3, -0.25) is 9.78 Å². The molecule has 0 spiro atoms. The first kappa shape index (κ1) is 21.2. The zero-order valence-corrected chi connectivity index (χ0v) is 18.6. The smallest absolute Gasteiger partial charge is 0.244 e. The summed E-state index contributed by atoms with van der Waals surface area (Å²) in [7, 11) is -3.90. The lowest BCUT2D eigenvalue weighted by atomic mass is 9.85. The molecule has 32 heavy (non-hydrogen) atoms. The number of carbonyl (C=O) groups excluding carboxylic acids is 1. The molecule has 1 saturated heterocycles. The van der Waals surface area contributed by atoms with Crippen molar-refractivity contribution in [3.8, 4) is 11.5 Å². The highest BCUT2D eigenvalue weighted by Crippen LogP contribution is 2.43. The average molecular weight is 458 g/mol. The number of nitrogens with zero attached hydrogens (tertiary/aromatic N) is 2. The Morgan fingerprint density at radius 2 is 1.91 bits per heavy atom. The molecule has 3 atom stereocenters. The SMILES string of the molecule is O=C(NCc1ccccn1)[C@@H]1C[C@H]2CCCC[C@@H]2N1S(=O)(=O)c1ccc2c(c1)OCCO2. The number of rotatable bonds is 5. The summed E-state index contributed by atoms with van der Waals surface area (Å²) in [5, 5.41) is 2.90. The molecule has 170 valence electrons. The molecule has 0 radical (unpaired) electrons. The molecule has 2 aromatic rings. The summed E-state index contributed by atoms with van der Waals surface area (Å²) in [6.45, 7) is 1.08. The maximum atomic E-state index is 13.8. The van der Waals surface area contributed by atoms with Gasteiger partial charge in [-0.25, -0.2) is 8.42 Å². The Labute approximate surface area is 188 Å². The van der Waals surface area contributed by atoms with E-state index in [1.165, 1.54) is 10.4 Å².